The average Bonchev–Trinajstić information content (AvgIpc) is 2.99. The van der Waals surface area contributed by atoms with Crippen molar-refractivity contribution < 1.29 is 9.53 Å². The third kappa shape index (κ3) is 4.53. The van der Waals surface area contributed by atoms with Crippen molar-refractivity contribution in [1.82, 2.24) is 10.6 Å². The predicted molar refractivity (Wildman–Crippen MR) is 80.0 cm³/mol. The van der Waals surface area contributed by atoms with Crippen LogP contribution in [0.4, 0.5) is 0 Å². The van der Waals surface area contributed by atoms with E-state index in [4.69, 9.17) is 4.74 Å². The van der Waals surface area contributed by atoms with E-state index in [1.54, 1.807) is 7.11 Å². The molecule has 1 aromatic carbocycles. The summed E-state index contributed by atoms with van der Waals surface area (Å²) in [5.74, 6) is 0.956. The number of ether oxygens (including phenoxy) is 1. The van der Waals surface area contributed by atoms with Crippen LogP contribution in [0.25, 0.3) is 0 Å². The molecule has 1 aliphatic carbocycles. The van der Waals surface area contributed by atoms with Crippen LogP contribution in [-0.4, -0.2) is 32.1 Å². The molecule has 2 rings (SSSR count). The number of benzene rings is 1. The lowest BCUT2D eigenvalue weighted by Gasteiger charge is -2.12. The number of rotatable bonds is 7. The van der Waals surface area contributed by atoms with Crippen LogP contribution in [0.2, 0.25) is 0 Å². The Balaban J connectivity index is 1.65. The number of amides is 1. The van der Waals surface area contributed by atoms with Crippen LogP contribution in [-0.2, 0) is 11.2 Å². The van der Waals surface area contributed by atoms with Crippen LogP contribution in [0.3, 0.4) is 0 Å². The van der Waals surface area contributed by atoms with Crippen molar-refractivity contribution in [2.24, 2.45) is 0 Å². The Bertz CT molecular complexity index is 428. The van der Waals surface area contributed by atoms with Gasteiger partial charge < -0.3 is 15.4 Å². The van der Waals surface area contributed by atoms with Crippen molar-refractivity contribution in [2.75, 3.05) is 20.2 Å². The Labute approximate surface area is 120 Å². The van der Waals surface area contributed by atoms with E-state index < -0.39 is 0 Å². The zero-order chi connectivity index (χ0) is 14.2. The van der Waals surface area contributed by atoms with Gasteiger partial charge in [0.2, 0.25) is 5.91 Å². The molecule has 1 aliphatic rings. The monoisotopic (exact) mass is 276 g/mol. The van der Waals surface area contributed by atoms with Crippen LogP contribution in [0.1, 0.15) is 31.2 Å². The lowest BCUT2D eigenvalue weighted by molar-refractivity contribution is -0.120. The van der Waals surface area contributed by atoms with Crippen molar-refractivity contribution in [3.05, 3.63) is 29.8 Å². The second kappa shape index (κ2) is 7.90. The summed E-state index contributed by atoms with van der Waals surface area (Å²) < 4.78 is 5.29. The van der Waals surface area contributed by atoms with Gasteiger partial charge in [0.25, 0.3) is 0 Å². The fourth-order valence-electron chi connectivity index (χ4n) is 2.68. The highest BCUT2D eigenvalue weighted by atomic mass is 16.5. The fraction of sp³-hybridized carbons (Fsp3) is 0.562. The van der Waals surface area contributed by atoms with E-state index in [0.29, 0.717) is 19.1 Å². The Kier molecular flexibility index (Phi) is 5.87. The van der Waals surface area contributed by atoms with Gasteiger partial charge in [0, 0.05) is 12.6 Å². The molecule has 1 fully saturated rings. The highest BCUT2D eigenvalue weighted by Gasteiger charge is 2.15. The maximum atomic E-state index is 11.7. The van der Waals surface area contributed by atoms with Gasteiger partial charge in [0.05, 0.1) is 13.7 Å². The number of carbonyl (C=O) groups excluding carboxylic acids is 1. The molecule has 0 bridgehead atoms. The van der Waals surface area contributed by atoms with E-state index >= 15 is 0 Å². The molecule has 0 heterocycles. The molecule has 20 heavy (non-hydrogen) atoms. The first-order valence-corrected chi connectivity index (χ1v) is 7.41. The number of nitrogens with one attached hydrogen (secondary N) is 2. The number of hydrogen-bond acceptors (Lipinski definition) is 3. The minimum absolute atomic E-state index is 0.0757. The lowest BCUT2D eigenvalue weighted by Crippen LogP contribution is -2.38. The fourth-order valence-corrected chi connectivity index (χ4v) is 2.68. The Morgan fingerprint density at radius 1 is 1.30 bits per heavy atom. The average molecular weight is 276 g/mol. The SMILES string of the molecule is COc1ccccc1CCNC(=O)CNC1CCCC1. The maximum absolute atomic E-state index is 11.7. The molecule has 1 saturated carbocycles. The largest absolute Gasteiger partial charge is 0.496 e. The summed E-state index contributed by atoms with van der Waals surface area (Å²) in [5, 5.41) is 6.27. The zero-order valence-electron chi connectivity index (χ0n) is 12.2. The predicted octanol–water partition coefficient (Wildman–Crippen LogP) is 1.89. The number of carbonyl (C=O) groups is 1. The molecule has 0 radical (unpaired) electrons. The van der Waals surface area contributed by atoms with Gasteiger partial charge in [-0.2, -0.15) is 0 Å². The van der Waals surface area contributed by atoms with Crippen LogP contribution in [0, 0.1) is 0 Å². The highest BCUT2D eigenvalue weighted by Crippen LogP contribution is 2.18. The summed E-state index contributed by atoms with van der Waals surface area (Å²) in [4.78, 5) is 11.7. The zero-order valence-corrected chi connectivity index (χ0v) is 12.2. The number of methoxy groups -OCH3 is 1. The first-order chi connectivity index (χ1) is 9.79. The summed E-state index contributed by atoms with van der Waals surface area (Å²) in [6, 6.07) is 8.45. The third-order valence-electron chi connectivity index (χ3n) is 3.82. The minimum atomic E-state index is 0.0757. The van der Waals surface area contributed by atoms with Crippen molar-refractivity contribution in [3.63, 3.8) is 0 Å². The second-order valence-electron chi connectivity index (χ2n) is 5.27. The molecule has 0 aliphatic heterocycles. The van der Waals surface area contributed by atoms with Gasteiger partial charge in [-0.25, -0.2) is 0 Å². The molecule has 0 aromatic heterocycles. The quantitative estimate of drug-likeness (QED) is 0.799. The second-order valence-corrected chi connectivity index (χ2v) is 5.27. The highest BCUT2D eigenvalue weighted by molar-refractivity contribution is 5.78. The molecule has 0 unspecified atom stereocenters. The van der Waals surface area contributed by atoms with Gasteiger partial charge >= 0.3 is 0 Å². The molecule has 110 valence electrons. The molecule has 0 atom stereocenters. The lowest BCUT2D eigenvalue weighted by atomic mass is 10.1. The van der Waals surface area contributed by atoms with Crippen LogP contribution < -0.4 is 15.4 Å². The van der Waals surface area contributed by atoms with Crippen LogP contribution >= 0.6 is 0 Å². The smallest absolute Gasteiger partial charge is 0.233 e. The molecular weight excluding hydrogens is 252 g/mol. The minimum Gasteiger partial charge on any atom is -0.496 e. The molecule has 4 nitrogen and oxygen atoms in total. The standard InChI is InChI=1S/C16H24N2O2/c1-20-15-9-5-2-6-13(15)10-11-17-16(19)12-18-14-7-3-4-8-14/h2,5-6,9,14,18H,3-4,7-8,10-12H2,1H3,(H,17,19). The summed E-state index contributed by atoms with van der Waals surface area (Å²) in [7, 11) is 1.67. The van der Waals surface area contributed by atoms with Crippen molar-refractivity contribution >= 4 is 5.91 Å². The van der Waals surface area contributed by atoms with Crippen molar-refractivity contribution in [2.45, 2.75) is 38.1 Å². The van der Waals surface area contributed by atoms with E-state index in [2.05, 4.69) is 10.6 Å². The van der Waals surface area contributed by atoms with E-state index in [0.717, 1.165) is 17.7 Å². The first-order valence-electron chi connectivity index (χ1n) is 7.41. The molecule has 2 N–H and O–H groups in total. The molecule has 0 saturated heterocycles. The first kappa shape index (κ1) is 14.9. The van der Waals surface area contributed by atoms with Crippen molar-refractivity contribution in [3.8, 4) is 5.75 Å². The Hall–Kier alpha value is -1.55. The summed E-state index contributed by atoms with van der Waals surface area (Å²) >= 11 is 0. The van der Waals surface area contributed by atoms with Gasteiger partial charge in [0.15, 0.2) is 0 Å². The topological polar surface area (TPSA) is 50.4 Å². The van der Waals surface area contributed by atoms with E-state index in [1.165, 1.54) is 25.7 Å². The van der Waals surface area contributed by atoms with Crippen LogP contribution in [0.15, 0.2) is 24.3 Å². The summed E-state index contributed by atoms with van der Waals surface area (Å²) in [6.45, 7) is 1.07. The number of hydrogen-bond donors (Lipinski definition) is 2. The summed E-state index contributed by atoms with van der Waals surface area (Å²) in [6.07, 6.45) is 5.77. The summed E-state index contributed by atoms with van der Waals surface area (Å²) in [5.41, 5.74) is 1.12. The van der Waals surface area contributed by atoms with Gasteiger partial charge in [-0.05, 0) is 30.9 Å². The molecule has 0 spiro atoms. The molecule has 1 aromatic rings. The van der Waals surface area contributed by atoms with Gasteiger partial charge in [0.1, 0.15) is 5.75 Å². The van der Waals surface area contributed by atoms with Gasteiger partial charge in [-0.3, -0.25) is 4.79 Å². The normalized spacial score (nSPS) is 15.2. The van der Waals surface area contributed by atoms with Gasteiger partial charge in [-0.1, -0.05) is 31.0 Å². The maximum Gasteiger partial charge on any atom is 0.233 e. The van der Waals surface area contributed by atoms with Crippen molar-refractivity contribution in [1.29, 1.82) is 0 Å². The van der Waals surface area contributed by atoms with Gasteiger partial charge in [-0.15, -0.1) is 0 Å². The molecule has 4 heteroatoms. The van der Waals surface area contributed by atoms with E-state index in [-0.39, 0.29) is 5.91 Å². The molecular formula is C16H24N2O2. The van der Waals surface area contributed by atoms with Crippen LogP contribution in [0.5, 0.6) is 5.75 Å². The van der Waals surface area contributed by atoms with E-state index in [9.17, 15) is 4.79 Å². The Morgan fingerprint density at radius 2 is 2.05 bits per heavy atom. The third-order valence-corrected chi connectivity index (χ3v) is 3.82. The molecule has 1 amide bonds. The van der Waals surface area contributed by atoms with E-state index in [1.807, 2.05) is 24.3 Å². The number of para-hydroxylation sites is 1. The Morgan fingerprint density at radius 3 is 2.80 bits per heavy atom.